The Labute approximate surface area is 169 Å². The normalized spacial score (nSPS) is 13.6. The molecule has 0 saturated carbocycles. The average Bonchev–Trinajstić information content (AvgIpc) is 2.96. The first-order valence-corrected chi connectivity index (χ1v) is 9.59. The van der Waals surface area contributed by atoms with Gasteiger partial charge in [0.25, 0.3) is 0 Å². The lowest BCUT2D eigenvalue weighted by Crippen LogP contribution is -2.36. The fourth-order valence-electron chi connectivity index (χ4n) is 3.92. The third-order valence-corrected chi connectivity index (χ3v) is 5.37. The summed E-state index contributed by atoms with van der Waals surface area (Å²) in [4.78, 5) is 18.2. The zero-order valence-electron chi connectivity index (χ0n) is 16.9. The van der Waals surface area contributed by atoms with Crippen LogP contribution in [0.1, 0.15) is 11.3 Å². The number of amides is 2. The molecule has 29 heavy (non-hydrogen) atoms. The number of carbonyl (C=O) groups is 1. The number of benzene rings is 2. The van der Waals surface area contributed by atoms with E-state index in [9.17, 15) is 4.79 Å². The van der Waals surface area contributed by atoms with Gasteiger partial charge < -0.3 is 29.4 Å². The standard InChI is InChI=1S/C22H25N3O4/c1-27-19-12-14(13-20(28-2)21(19)29-3)23-22(26)25-10-8-16-15-6-4-5-7-17(15)24-18(16)9-11-25/h4-7,12-13,24H,8-11H2,1-3H3,(H,23,26). The Bertz CT molecular complexity index is 1020. The van der Waals surface area contributed by atoms with Crippen LogP contribution < -0.4 is 19.5 Å². The highest BCUT2D eigenvalue weighted by molar-refractivity contribution is 5.91. The Morgan fingerprint density at radius 3 is 2.38 bits per heavy atom. The van der Waals surface area contributed by atoms with Crippen LogP contribution in [0.15, 0.2) is 36.4 Å². The number of aromatic amines is 1. The Kier molecular flexibility index (Phi) is 5.20. The number of fused-ring (bicyclic) bond motifs is 3. The molecule has 1 aromatic heterocycles. The minimum Gasteiger partial charge on any atom is -0.493 e. The van der Waals surface area contributed by atoms with E-state index in [1.807, 2.05) is 11.0 Å². The van der Waals surface area contributed by atoms with Gasteiger partial charge in [0.1, 0.15) is 0 Å². The first-order chi connectivity index (χ1) is 14.1. The lowest BCUT2D eigenvalue weighted by molar-refractivity contribution is 0.214. The van der Waals surface area contributed by atoms with E-state index in [0.29, 0.717) is 36.0 Å². The number of ether oxygens (including phenoxy) is 3. The molecule has 0 atom stereocenters. The summed E-state index contributed by atoms with van der Waals surface area (Å²) in [6.07, 6.45) is 1.62. The van der Waals surface area contributed by atoms with Crippen LogP contribution in [0.3, 0.4) is 0 Å². The van der Waals surface area contributed by atoms with Gasteiger partial charge >= 0.3 is 6.03 Å². The fraction of sp³-hybridized carbons (Fsp3) is 0.318. The number of carbonyl (C=O) groups excluding carboxylic acids is 1. The van der Waals surface area contributed by atoms with Crippen LogP contribution >= 0.6 is 0 Å². The molecule has 0 spiro atoms. The Balaban J connectivity index is 1.51. The molecule has 0 aliphatic carbocycles. The maximum Gasteiger partial charge on any atom is 0.321 e. The maximum absolute atomic E-state index is 12.9. The summed E-state index contributed by atoms with van der Waals surface area (Å²) in [7, 11) is 4.65. The number of anilines is 1. The second kappa shape index (κ2) is 7.95. The number of rotatable bonds is 4. The molecule has 1 aliphatic rings. The number of hydrogen-bond donors (Lipinski definition) is 2. The SMILES string of the molecule is COc1cc(NC(=O)N2CCc3[nH]c4ccccc4c3CC2)cc(OC)c1OC. The van der Waals surface area contributed by atoms with E-state index in [0.717, 1.165) is 18.4 Å². The number of urea groups is 1. The van der Waals surface area contributed by atoms with E-state index in [2.05, 4.69) is 28.5 Å². The molecule has 2 amide bonds. The number of para-hydroxylation sites is 1. The summed E-state index contributed by atoms with van der Waals surface area (Å²) in [6, 6.07) is 11.6. The van der Waals surface area contributed by atoms with E-state index in [4.69, 9.17) is 14.2 Å². The lowest BCUT2D eigenvalue weighted by atomic mass is 10.1. The minimum atomic E-state index is -0.145. The van der Waals surface area contributed by atoms with Crippen molar-refractivity contribution in [2.45, 2.75) is 12.8 Å². The number of hydrogen-bond acceptors (Lipinski definition) is 4. The molecule has 7 heteroatoms. The molecule has 3 aromatic rings. The van der Waals surface area contributed by atoms with Crippen molar-refractivity contribution >= 4 is 22.6 Å². The molecule has 2 aromatic carbocycles. The Hall–Kier alpha value is -3.35. The topological polar surface area (TPSA) is 75.8 Å². The summed E-state index contributed by atoms with van der Waals surface area (Å²) in [5.74, 6) is 1.49. The van der Waals surface area contributed by atoms with Crippen molar-refractivity contribution in [2.24, 2.45) is 0 Å². The summed E-state index contributed by atoms with van der Waals surface area (Å²) in [5.41, 5.74) is 4.28. The van der Waals surface area contributed by atoms with Gasteiger partial charge in [-0.1, -0.05) is 18.2 Å². The van der Waals surface area contributed by atoms with Gasteiger partial charge in [0.2, 0.25) is 5.75 Å². The summed E-state index contributed by atoms with van der Waals surface area (Å²) >= 11 is 0. The highest BCUT2D eigenvalue weighted by Crippen LogP contribution is 2.40. The smallest absolute Gasteiger partial charge is 0.321 e. The van der Waals surface area contributed by atoms with Gasteiger partial charge in [-0.15, -0.1) is 0 Å². The molecule has 2 heterocycles. The molecule has 0 fully saturated rings. The summed E-state index contributed by atoms with van der Waals surface area (Å²) in [5, 5.41) is 4.20. The fourth-order valence-corrected chi connectivity index (χ4v) is 3.92. The van der Waals surface area contributed by atoms with Gasteiger partial charge in [0, 0.05) is 48.2 Å². The largest absolute Gasteiger partial charge is 0.493 e. The quantitative estimate of drug-likeness (QED) is 0.704. The van der Waals surface area contributed by atoms with E-state index in [1.54, 1.807) is 33.5 Å². The number of nitrogens with zero attached hydrogens (tertiary/aromatic N) is 1. The number of nitrogens with one attached hydrogen (secondary N) is 2. The van der Waals surface area contributed by atoms with Crippen LogP contribution in [0.4, 0.5) is 10.5 Å². The van der Waals surface area contributed by atoms with E-state index in [1.165, 1.54) is 16.6 Å². The first-order valence-electron chi connectivity index (χ1n) is 9.59. The van der Waals surface area contributed by atoms with Crippen LogP contribution in [0, 0.1) is 0 Å². The zero-order chi connectivity index (χ0) is 20.4. The lowest BCUT2D eigenvalue weighted by Gasteiger charge is -2.22. The van der Waals surface area contributed by atoms with Gasteiger partial charge in [0.05, 0.1) is 27.0 Å². The van der Waals surface area contributed by atoms with Crippen molar-refractivity contribution in [3.8, 4) is 17.2 Å². The molecular weight excluding hydrogens is 370 g/mol. The average molecular weight is 395 g/mol. The highest BCUT2D eigenvalue weighted by Gasteiger charge is 2.22. The van der Waals surface area contributed by atoms with Crippen LogP contribution in [-0.2, 0) is 12.8 Å². The van der Waals surface area contributed by atoms with Crippen LogP contribution in [-0.4, -0.2) is 50.3 Å². The molecular formula is C22H25N3O4. The first kappa shape index (κ1) is 19.0. The second-order valence-electron chi connectivity index (χ2n) is 6.96. The molecule has 4 rings (SSSR count). The van der Waals surface area contributed by atoms with Crippen LogP contribution in [0.5, 0.6) is 17.2 Å². The van der Waals surface area contributed by atoms with Crippen molar-refractivity contribution < 1.29 is 19.0 Å². The van der Waals surface area contributed by atoms with Gasteiger partial charge in [0.15, 0.2) is 11.5 Å². The van der Waals surface area contributed by atoms with Gasteiger partial charge in [-0.2, -0.15) is 0 Å². The molecule has 0 radical (unpaired) electrons. The molecule has 0 bridgehead atoms. The molecule has 2 N–H and O–H groups in total. The second-order valence-corrected chi connectivity index (χ2v) is 6.96. The number of methoxy groups -OCH3 is 3. The van der Waals surface area contributed by atoms with Crippen molar-refractivity contribution in [3.05, 3.63) is 47.7 Å². The summed E-state index contributed by atoms with van der Waals surface area (Å²) < 4.78 is 16.1. The van der Waals surface area contributed by atoms with Crippen molar-refractivity contribution in [2.75, 3.05) is 39.7 Å². The Morgan fingerprint density at radius 1 is 1.00 bits per heavy atom. The molecule has 152 valence electrons. The van der Waals surface area contributed by atoms with Gasteiger partial charge in [-0.25, -0.2) is 4.79 Å². The van der Waals surface area contributed by atoms with E-state index in [-0.39, 0.29) is 6.03 Å². The predicted octanol–water partition coefficient (Wildman–Crippen LogP) is 3.83. The predicted molar refractivity (Wildman–Crippen MR) is 112 cm³/mol. The van der Waals surface area contributed by atoms with Crippen molar-refractivity contribution in [1.29, 1.82) is 0 Å². The third kappa shape index (κ3) is 3.55. The molecule has 0 saturated heterocycles. The summed E-state index contributed by atoms with van der Waals surface area (Å²) in [6.45, 7) is 1.31. The third-order valence-electron chi connectivity index (χ3n) is 5.37. The van der Waals surface area contributed by atoms with Crippen LogP contribution in [0.2, 0.25) is 0 Å². The molecule has 7 nitrogen and oxygen atoms in total. The number of aromatic nitrogens is 1. The van der Waals surface area contributed by atoms with Gasteiger partial charge in [-0.05, 0) is 18.1 Å². The Morgan fingerprint density at radius 2 is 1.69 bits per heavy atom. The monoisotopic (exact) mass is 395 g/mol. The van der Waals surface area contributed by atoms with Crippen molar-refractivity contribution in [1.82, 2.24) is 9.88 Å². The zero-order valence-corrected chi connectivity index (χ0v) is 16.9. The van der Waals surface area contributed by atoms with E-state index < -0.39 is 0 Å². The van der Waals surface area contributed by atoms with E-state index >= 15 is 0 Å². The molecule has 1 aliphatic heterocycles. The van der Waals surface area contributed by atoms with Gasteiger partial charge in [-0.3, -0.25) is 0 Å². The van der Waals surface area contributed by atoms with Crippen molar-refractivity contribution in [3.63, 3.8) is 0 Å². The van der Waals surface area contributed by atoms with Crippen LogP contribution in [0.25, 0.3) is 10.9 Å². The molecule has 0 unspecified atom stereocenters. The maximum atomic E-state index is 12.9. The number of H-pyrrole nitrogens is 1. The minimum absolute atomic E-state index is 0.145. The highest BCUT2D eigenvalue weighted by atomic mass is 16.5.